The molecule has 0 spiro atoms. The Kier molecular flexibility index (Phi) is 2.14. The van der Waals surface area contributed by atoms with Crippen LogP contribution in [0.1, 0.15) is 37.4 Å². The second-order valence-corrected chi connectivity index (χ2v) is 4.58. The van der Waals surface area contributed by atoms with Crippen LogP contribution in [0.4, 0.5) is 0 Å². The van der Waals surface area contributed by atoms with Crippen LogP contribution in [0.25, 0.3) is 0 Å². The van der Waals surface area contributed by atoms with Gasteiger partial charge in [0.15, 0.2) is 0 Å². The first-order chi connectivity index (χ1) is 6.53. The van der Waals surface area contributed by atoms with Gasteiger partial charge < -0.3 is 5.11 Å². The van der Waals surface area contributed by atoms with Crippen molar-refractivity contribution < 1.29 is 5.11 Å². The minimum absolute atomic E-state index is 0.414. The van der Waals surface area contributed by atoms with E-state index >= 15 is 0 Å². The molecule has 1 aliphatic rings. The highest BCUT2D eigenvalue weighted by Crippen LogP contribution is 2.42. The molecule has 3 heteroatoms. The summed E-state index contributed by atoms with van der Waals surface area (Å²) in [6.45, 7) is 3.93. The summed E-state index contributed by atoms with van der Waals surface area (Å²) in [4.78, 5) is 0. The number of rotatable bonds is 2. The maximum atomic E-state index is 10.5. The molecule has 0 amide bonds. The van der Waals surface area contributed by atoms with Crippen molar-refractivity contribution in [1.29, 1.82) is 0 Å². The van der Waals surface area contributed by atoms with E-state index in [1.165, 1.54) is 6.42 Å². The fourth-order valence-corrected chi connectivity index (χ4v) is 2.44. The van der Waals surface area contributed by atoms with Crippen molar-refractivity contribution in [2.75, 3.05) is 0 Å². The Labute approximate surface area is 84.7 Å². The van der Waals surface area contributed by atoms with Crippen LogP contribution in [-0.2, 0) is 12.6 Å². The van der Waals surface area contributed by atoms with Crippen molar-refractivity contribution in [3.63, 3.8) is 0 Å². The van der Waals surface area contributed by atoms with E-state index in [-0.39, 0.29) is 0 Å². The molecule has 3 nitrogen and oxygen atoms in total. The molecule has 1 saturated carbocycles. The lowest BCUT2D eigenvalue weighted by molar-refractivity contribution is -0.0466. The first kappa shape index (κ1) is 9.71. The molecule has 0 aromatic carbocycles. The average Bonchev–Trinajstić information content (AvgIpc) is 2.25. The lowest BCUT2D eigenvalue weighted by Crippen LogP contribution is -2.38. The Hall–Kier alpha value is -0.830. The third-order valence-electron chi connectivity index (χ3n) is 3.50. The Morgan fingerprint density at radius 2 is 2.21 bits per heavy atom. The normalized spacial score (nSPS) is 21.7. The highest BCUT2D eigenvalue weighted by molar-refractivity contribution is 5.23. The van der Waals surface area contributed by atoms with Gasteiger partial charge in [-0.25, -0.2) is 0 Å². The van der Waals surface area contributed by atoms with Crippen molar-refractivity contribution in [1.82, 2.24) is 9.78 Å². The van der Waals surface area contributed by atoms with Gasteiger partial charge in [0.2, 0.25) is 0 Å². The van der Waals surface area contributed by atoms with Gasteiger partial charge >= 0.3 is 0 Å². The van der Waals surface area contributed by atoms with Crippen LogP contribution >= 0.6 is 0 Å². The number of aryl methyl sites for hydroxylation is 2. The van der Waals surface area contributed by atoms with Crippen LogP contribution < -0.4 is 0 Å². The molecule has 1 aromatic rings. The van der Waals surface area contributed by atoms with Gasteiger partial charge in [-0.1, -0.05) is 6.42 Å². The zero-order chi connectivity index (χ0) is 10.3. The van der Waals surface area contributed by atoms with Crippen LogP contribution in [0.3, 0.4) is 0 Å². The van der Waals surface area contributed by atoms with Gasteiger partial charge in [-0.15, -0.1) is 0 Å². The molecule has 1 atom stereocenters. The van der Waals surface area contributed by atoms with Gasteiger partial charge in [-0.3, -0.25) is 4.68 Å². The van der Waals surface area contributed by atoms with Crippen molar-refractivity contribution in [2.24, 2.45) is 13.0 Å². The Morgan fingerprint density at radius 1 is 1.57 bits per heavy atom. The third-order valence-corrected chi connectivity index (χ3v) is 3.50. The Balaban J connectivity index is 2.36. The molecule has 0 aliphatic heterocycles. The number of hydrogen-bond acceptors (Lipinski definition) is 2. The largest absolute Gasteiger partial charge is 0.384 e. The molecular weight excluding hydrogens is 176 g/mol. The molecule has 0 saturated heterocycles. The molecule has 1 aromatic heterocycles. The standard InChI is InChI=1S/C11H18N2O/c1-8-7-12-13(3)10(8)11(2,14)9-5-4-6-9/h7,9,14H,4-6H2,1-3H3. The first-order valence-corrected chi connectivity index (χ1v) is 5.25. The fourth-order valence-electron chi connectivity index (χ4n) is 2.44. The van der Waals surface area contributed by atoms with Crippen LogP contribution in [0.5, 0.6) is 0 Å². The summed E-state index contributed by atoms with van der Waals surface area (Å²) in [6.07, 6.45) is 5.34. The second kappa shape index (κ2) is 3.09. The van der Waals surface area contributed by atoms with Crippen LogP contribution in [0.15, 0.2) is 6.20 Å². The highest BCUT2D eigenvalue weighted by atomic mass is 16.3. The first-order valence-electron chi connectivity index (χ1n) is 5.25. The van der Waals surface area contributed by atoms with E-state index in [0.717, 1.165) is 24.1 Å². The smallest absolute Gasteiger partial charge is 0.106 e. The van der Waals surface area contributed by atoms with Gasteiger partial charge in [-0.2, -0.15) is 5.10 Å². The molecule has 1 unspecified atom stereocenters. The minimum atomic E-state index is -0.701. The third kappa shape index (κ3) is 1.27. The van der Waals surface area contributed by atoms with Crippen molar-refractivity contribution >= 4 is 0 Å². The SMILES string of the molecule is Cc1cnn(C)c1C(C)(O)C1CCC1. The van der Waals surface area contributed by atoms with Gasteiger partial charge in [-0.05, 0) is 38.2 Å². The Bertz CT molecular complexity index is 318. The lowest BCUT2D eigenvalue weighted by atomic mass is 9.71. The lowest BCUT2D eigenvalue weighted by Gasteiger charge is -2.39. The quantitative estimate of drug-likeness (QED) is 0.778. The molecule has 1 heterocycles. The topological polar surface area (TPSA) is 38.0 Å². The van der Waals surface area contributed by atoms with E-state index < -0.39 is 5.60 Å². The van der Waals surface area contributed by atoms with Crippen molar-refractivity contribution in [3.8, 4) is 0 Å². The van der Waals surface area contributed by atoms with Crippen LogP contribution in [0, 0.1) is 12.8 Å². The van der Waals surface area contributed by atoms with E-state index in [9.17, 15) is 5.11 Å². The summed E-state index contributed by atoms with van der Waals surface area (Å²) in [5.41, 5.74) is 1.36. The van der Waals surface area contributed by atoms with E-state index in [1.807, 2.05) is 27.1 Å². The molecule has 14 heavy (non-hydrogen) atoms. The zero-order valence-electron chi connectivity index (χ0n) is 9.12. The fraction of sp³-hybridized carbons (Fsp3) is 0.727. The summed E-state index contributed by atoms with van der Waals surface area (Å²) in [5.74, 6) is 0.414. The van der Waals surface area contributed by atoms with Gasteiger partial charge in [0.25, 0.3) is 0 Å². The number of nitrogens with zero attached hydrogens (tertiary/aromatic N) is 2. The zero-order valence-corrected chi connectivity index (χ0v) is 9.12. The predicted molar refractivity (Wildman–Crippen MR) is 54.9 cm³/mol. The monoisotopic (exact) mass is 194 g/mol. The molecule has 1 fully saturated rings. The molecule has 1 aliphatic carbocycles. The number of aromatic nitrogens is 2. The molecular formula is C11H18N2O. The van der Waals surface area contributed by atoms with E-state index in [4.69, 9.17) is 0 Å². The van der Waals surface area contributed by atoms with E-state index in [2.05, 4.69) is 5.10 Å². The number of aliphatic hydroxyl groups is 1. The second-order valence-electron chi connectivity index (χ2n) is 4.58. The van der Waals surface area contributed by atoms with Gasteiger partial charge in [0.1, 0.15) is 5.60 Å². The summed E-state index contributed by atoms with van der Waals surface area (Å²) in [6, 6.07) is 0. The van der Waals surface area contributed by atoms with Gasteiger partial charge in [0, 0.05) is 7.05 Å². The van der Waals surface area contributed by atoms with Gasteiger partial charge in [0.05, 0.1) is 11.9 Å². The van der Waals surface area contributed by atoms with Crippen LogP contribution in [0.2, 0.25) is 0 Å². The summed E-state index contributed by atoms with van der Waals surface area (Å²) in [5, 5.41) is 14.7. The van der Waals surface area contributed by atoms with E-state index in [0.29, 0.717) is 5.92 Å². The van der Waals surface area contributed by atoms with Crippen LogP contribution in [-0.4, -0.2) is 14.9 Å². The van der Waals surface area contributed by atoms with Crippen molar-refractivity contribution in [3.05, 3.63) is 17.5 Å². The summed E-state index contributed by atoms with van der Waals surface area (Å²) < 4.78 is 1.80. The number of hydrogen-bond donors (Lipinski definition) is 1. The Morgan fingerprint density at radius 3 is 2.57 bits per heavy atom. The molecule has 78 valence electrons. The molecule has 1 N–H and O–H groups in total. The highest BCUT2D eigenvalue weighted by Gasteiger charge is 2.40. The predicted octanol–water partition coefficient (Wildman–Crippen LogP) is 1.74. The maximum Gasteiger partial charge on any atom is 0.106 e. The minimum Gasteiger partial charge on any atom is -0.384 e. The van der Waals surface area contributed by atoms with E-state index in [1.54, 1.807) is 4.68 Å². The molecule has 0 bridgehead atoms. The summed E-state index contributed by atoms with van der Waals surface area (Å²) >= 11 is 0. The average molecular weight is 194 g/mol. The molecule has 0 radical (unpaired) electrons. The van der Waals surface area contributed by atoms with Crippen molar-refractivity contribution in [2.45, 2.75) is 38.7 Å². The maximum absolute atomic E-state index is 10.5. The molecule has 2 rings (SSSR count). The summed E-state index contributed by atoms with van der Waals surface area (Å²) in [7, 11) is 1.90.